The third kappa shape index (κ3) is 3.72. The van der Waals surface area contributed by atoms with Crippen LogP contribution in [0.1, 0.15) is 5.56 Å². The molecule has 0 unspecified atom stereocenters. The number of nitrogens with zero attached hydrogens (tertiary/aromatic N) is 1. The highest BCUT2D eigenvalue weighted by molar-refractivity contribution is 9.10. The van der Waals surface area contributed by atoms with E-state index in [0.29, 0.717) is 5.56 Å². The van der Waals surface area contributed by atoms with E-state index in [1.807, 2.05) is 0 Å². The molecule has 0 radical (unpaired) electrons. The third-order valence-corrected chi connectivity index (χ3v) is 4.53. The van der Waals surface area contributed by atoms with Crippen LogP contribution in [-0.4, -0.2) is 25.6 Å². The lowest BCUT2D eigenvalue weighted by Gasteiger charge is -2.12. The van der Waals surface area contributed by atoms with Gasteiger partial charge in [-0.1, -0.05) is 6.07 Å². The summed E-state index contributed by atoms with van der Waals surface area (Å²) >= 11 is 3.23. The molecule has 2 rings (SSSR count). The number of anilines is 1. The first kappa shape index (κ1) is 15.7. The van der Waals surface area contributed by atoms with Gasteiger partial charge in [0.15, 0.2) is 0 Å². The number of aliphatic hydroxyl groups excluding tert-OH is 1. The van der Waals surface area contributed by atoms with E-state index in [4.69, 9.17) is 9.84 Å². The Balaban J connectivity index is 2.37. The molecule has 0 amide bonds. The van der Waals surface area contributed by atoms with Crippen molar-refractivity contribution in [3.8, 4) is 5.75 Å². The molecule has 0 aliphatic rings. The van der Waals surface area contributed by atoms with Crippen LogP contribution in [0.4, 0.5) is 5.82 Å². The number of benzene rings is 1. The van der Waals surface area contributed by atoms with Gasteiger partial charge in [0.2, 0.25) is 0 Å². The number of nitrogens with one attached hydrogen (secondary N) is 1. The van der Waals surface area contributed by atoms with Crippen LogP contribution < -0.4 is 9.46 Å². The van der Waals surface area contributed by atoms with Crippen LogP contribution in [0.5, 0.6) is 5.75 Å². The molecule has 8 heteroatoms. The molecule has 0 spiro atoms. The molecule has 2 aromatic rings. The van der Waals surface area contributed by atoms with Crippen molar-refractivity contribution in [3.63, 3.8) is 0 Å². The quantitative estimate of drug-likeness (QED) is 0.839. The highest BCUT2D eigenvalue weighted by Crippen LogP contribution is 2.26. The van der Waals surface area contributed by atoms with Crippen molar-refractivity contribution in [1.29, 1.82) is 0 Å². The van der Waals surface area contributed by atoms with E-state index in [1.165, 1.54) is 37.6 Å². The predicted octanol–water partition coefficient (Wildman–Crippen LogP) is 2.15. The van der Waals surface area contributed by atoms with Gasteiger partial charge in [-0.2, -0.15) is 0 Å². The Kier molecular flexibility index (Phi) is 4.81. The summed E-state index contributed by atoms with van der Waals surface area (Å²) in [5.41, 5.74) is 0.563. The van der Waals surface area contributed by atoms with Crippen LogP contribution in [0, 0.1) is 0 Å². The fourth-order valence-electron chi connectivity index (χ4n) is 1.66. The molecule has 0 aliphatic carbocycles. The molecular weight excluding hydrogens is 360 g/mol. The maximum Gasteiger partial charge on any atom is 0.266 e. The Morgan fingerprint density at radius 3 is 2.67 bits per heavy atom. The lowest BCUT2D eigenvalue weighted by atomic mass is 10.2. The van der Waals surface area contributed by atoms with E-state index in [1.54, 1.807) is 6.07 Å². The second-order valence-electron chi connectivity index (χ2n) is 4.11. The molecule has 0 aliphatic heterocycles. The SMILES string of the molecule is COc1cc(CO)ccc1S(=O)(=O)Nc1ccc(Br)cn1. The smallest absolute Gasteiger partial charge is 0.266 e. The predicted molar refractivity (Wildman–Crippen MR) is 81.7 cm³/mol. The molecule has 0 atom stereocenters. The number of pyridine rings is 1. The van der Waals surface area contributed by atoms with Crippen molar-refractivity contribution >= 4 is 31.8 Å². The number of hydrogen-bond donors (Lipinski definition) is 2. The zero-order valence-electron chi connectivity index (χ0n) is 11.1. The summed E-state index contributed by atoms with van der Waals surface area (Å²) in [6, 6.07) is 7.59. The van der Waals surface area contributed by atoms with Crippen molar-refractivity contribution < 1.29 is 18.3 Å². The van der Waals surface area contributed by atoms with E-state index in [9.17, 15) is 8.42 Å². The van der Waals surface area contributed by atoms with Crippen molar-refractivity contribution in [2.45, 2.75) is 11.5 Å². The number of ether oxygens (including phenoxy) is 1. The Bertz CT molecular complexity index is 732. The molecule has 0 saturated carbocycles. The highest BCUT2D eigenvalue weighted by atomic mass is 79.9. The summed E-state index contributed by atoms with van der Waals surface area (Å²) in [6.07, 6.45) is 1.49. The molecule has 2 N–H and O–H groups in total. The molecule has 0 fully saturated rings. The van der Waals surface area contributed by atoms with E-state index in [2.05, 4.69) is 25.6 Å². The summed E-state index contributed by atoms with van der Waals surface area (Å²) in [6.45, 7) is -0.196. The minimum atomic E-state index is -3.83. The monoisotopic (exact) mass is 372 g/mol. The Hall–Kier alpha value is -1.64. The number of methoxy groups -OCH3 is 1. The van der Waals surface area contributed by atoms with E-state index < -0.39 is 10.0 Å². The van der Waals surface area contributed by atoms with Gasteiger partial charge in [0.05, 0.1) is 13.7 Å². The molecule has 112 valence electrons. The normalized spacial score (nSPS) is 11.2. The number of hydrogen-bond acceptors (Lipinski definition) is 5. The first-order chi connectivity index (χ1) is 9.96. The Morgan fingerprint density at radius 2 is 2.10 bits per heavy atom. The van der Waals surface area contributed by atoms with Crippen molar-refractivity contribution in [2.24, 2.45) is 0 Å². The zero-order valence-corrected chi connectivity index (χ0v) is 13.5. The maximum atomic E-state index is 12.4. The van der Waals surface area contributed by atoms with Crippen LogP contribution in [-0.2, 0) is 16.6 Å². The minimum Gasteiger partial charge on any atom is -0.495 e. The summed E-state index contributed by atoms with van der Waals surface area (Å²) in [4.78, 5) is 3.94. The second kappa shape index (κ2) is 6.42. The van der Waals surface area contributed by atoms with Crippen LogP contribution in [0.25, 0.3) is 0 Å². The molecule has 1 aromatic carbocycles. The van der Waals surface area contributed by atoms with Crippen LogP contribution in [0.2, 0.25) is 0 Å². The van der Waals surface area contributed by atoms with Crippen LogP contribution in [0.3, 0.4) is 0 Å². The third-order valence-electron chi connectivity index (χ3n) is 2.67. The highest BCUT2D eigenvalue weighted by Gasteiger charge is 2.20. The average molecular weight is 373 g/mol. The first-order valence-electron chi connectivity index (χ1n) is 5.88. The standard InChI is InChI=1S/C13H13BrN2O4S/c1-20-11-6-9(8-17)2-4-12(11)21(18,19)16-13-5-3-10(14)7-15-13/h2-7,17H,8H2,1H3,(H,15,16). The molecule has 1 aromatic heterocycles. The Morgan fingerprint density at radius 1 is 1.33 bits per heavy atom. The van der Waals surface area contributed by atoms with Crippen LogP contribution in [0.15, 0.2) is 45.9 Å². The lowest BCUT2D eigenvalue weighted by molar-refractivity contribution is 0.280. The average Bonchev–Trinajstić information content (AvgIpc) is 2.48. The van der Waals surface area contributed by atoms with Crippen molar-refractivity contribution in [2.75, 3.05) is 11.8 Å². The van der Waals surface area contributed by atoms with Gasteiger partial charge in [0.1, 0.15) is 16.5 Å². The first-order valence-corrected chi connectivity index (χ1v) is 8.16. The van der Waals surface area contributed by atoms with E-state index in [-0.39, 0.29) is 23.1 Å². The second-order valence-corrected chi connectivity index (χ2v) is 6.68. The molecular formula is C13H13BrN2O4S. The van der Waals surface area contributed by atoms with Crippen molar-refractivity contribution in [3.05, 3.63) is 46.6 Å². The van der Waals surface area contributed by atoms with E-state index >= 15 is 0 Å². The summed E-state index contributed by atoms with van der Waals surface area (Å²) in [5, 5.41) is 9.08. The number of halogens is 1. The zero-order chi connectivity index (χ0) is 15.5. The van der Waals surface area contributed by atoms with Gasteiger partial charge in [-0.15, -0.1) is 0 Å². The summed E-state index contributed by atoms with van der Waals surface area (Å²) < 4.78 is 32.9. The molecule has 0 bridgehead atoms. The molecule has 0 saturated heterocycles. The Labute approximate surface area is 131 Å². The van der Waals surface area contributed by atoms with Crippen molar-refractivity contribution in [1.82, 2.24) is 4.98 Å². The van der Waals surface area contributed by atoms with E-state index in [0.717, 1.165) is 4.47 Å². The minimum absolute atomic E-state index is 0.0214. The number of rotatable bonds is 5. The fraction of sp³-hybridized carbons (Fsp3) is 0.154. The number of aliphatic hydroxyl groups is 1. The van der Waals surface area contributed by atoms with Gasteiger partial charge in [0.25, 0.3) is 10.0 Å². The van der Waals surface area contributed by atoms with Gasteiger partial charge < -0.3 is 9.84 Å². The summed E-state index contributed by atoms with van der Waals surface area (Å²) in [7, 11) is -2.46. The van der Waals surface area contributed by atoms with Gasteiger partial charge in [-0.05, 0) is 45.8 Å². The molecule has 1 heterocycles. The van der Waals surface area contributed by atoms with Gasteiger partial charge >= 0.3 is 0 Å². The van der Waals surface area contributed by atoms with Gasteiger partial charge in [-0.25, -0.2) is 13.4 Å². The lowest BCUT2D eigenvalue weighted by Crippen LogP contribution is -2.15. The fourth-order valence-corrected chi connectivity index (χ4v) is 3.06. The number of aromatic nitrogens is 1. The van der Waals surface area contributed by atoms with Gasteiger partial charge in [-0.3, -0.25) is 4.72 Å². The number of sulfonamides is 1. The van der Waals surface area contributed by atoms with Gasteiger partial charge in [0, 0.05) is 10.7 Å². The molecule has 21 heavy (non-hydrogen) atoms. The molecule has 6 nitrogen and oxygen atoms in total. The van der Waals surface area contributed by atoms with Crippen LogP contribution >= 0.6 is 15.9 Å². The summed E-state index contributed by atoms with van der Waals surface area (Å²) in [5.74, 6) is 0.359. The largest absolute Gasteiger partial charge is 0.495 e. The maximum absolute atomic E-state index is 12.4. The topological polar surface area (TPSA) is 88.5 Å².